The molecule has 0 aromatic heterocycles. The van der Waals surface area contributed by atoms with E-state index in [1.807, 2.05) is 12.1 Å². The summed E-state index contributed by atoms with van der Waals surface area (Å²) in [7, 11) is -3.79. The van der Waals surface area contributed by atoms with E-state index >= 15 is 0 Å². The number of benzene rings is 3. The molecule has 0 bridgehead atoms. The quantitative estimate of drug-likeness (QED) is 0.273. The molecular formula is C27H26Cl3N3O4S. The number of hydrogen-bond donors (Lipinski definition) is 1. The van der Waals surface area contributed by atoms with Crippen LogP contribution >= 0.6 is 34.8 Å². The van der Waals surface area contributed by atoms with Crippen LogP contribution in [0, 0.1) is 0 Å². The van der Waals surface area contributed by atoms with Crippen molar-refractivity contribution in [1.29, 1.82) is 0 Å². The molecule has 1 aliphatic heterocycles. The summed E-state index contributed by atoms with van der Waals surface area (Å²) >= 11 is 18.6. The van der Waals surface area contributed by atoms with Crippen molar-refractivity contribution in [2.45, 2.75) is 37.1 Å². The highest BCUT2D eigenvalue weighted by Gasteiger charge is 2.31. The van der Waals surface area contributed by atoms with Crippen molar-refractivity contribution in [3.8, 4) is 0 Å². The van der Waals surface area contributed by atoms with Crippen molar-refractivity contribution >= 4 is 62.2 Å². The number of halogens is 3. The number of hydrogen-bond acceptors (Lipinski definition) is 6. The average Bonchev–Trinajstić information content (AvgIpc) is 3.31. The third-order valence-corrected chi connectivity index (χ3v) is 8.21. The highest BCUT2D eigenvalue weighted by molar-refractivity contribution is 7.89. The van der Waals surface area contributed by atoms with Gasteiger partial charge in [-0.15, -0.1) is 0 Å². The smallest absolute Gasteiger partial charge is 0.306 e. The summed E-state index contributed by atoms with van der Waals surface area (Å²) in [5.74, 6) is -0.283. The van der Waals surface area contributed by atoms with Gasteiger partial charge >= 0.3 is 5.97 Å². The van der Waals surface area contributed by atoms with Gasteiger partial charge in [0.1, 0.15) is 0 Å². The highest BCUT2D eigenvalue weighted by atomic mass is 35.5. The fourth-order valence-electron chi connectivity index (χ4n) is 4.09. The molecule has 1 aliphatic rings. The Labute approximate surface area is 237 Å². The molecule has 0 spiro atoms. The van der Waals surface area contributed by atoms with Crippen LogP contribution in [0.15, 0.2) is 76.7 Å². The Kier molecular flexibility index (Phi) is 9.33. The first kappa shape index (κ1) is 28.4. The van der Waals surface area contributed by atoms with Crippen LogP contribution in [0.4, 0.5) is 5.69 Å². The predicted octanol–water partition coefficient (Wildman–Crippen LogP) is 6.43. The highest BCUT2D eigenvalue weighted by Crippen LogP contribution is 2.39. The second-order valence-electron chi connectivity index (χ2n) is 8.65. The molecule has 7 nitrogen and oxygen atoms in total. The van der Waals surface area contributed by atoms with Crippen molar-refractivity contribution in [3.63, 3.8) is 0 Å². The minimum Gasteiger partial charge on any atom is -0.466 e. The number of carbonyl (C=O) groups is 1. The third-order valence-electron chi connectivity index (χ3n) is 6.01. The van der Waals surface area contributed by atoms with Gasteiger partial charge in [0.25, 0.3) is 0 Å². The third kappa shape index (κ3) is 7.07. The number of hydrazone groups is 1. The van der Waals surface area contributed by atoms with E-state index in [4.69, 9.17) is 44.6 Å². The van der Waals surface area contributed by atoms with Gasteiger partial charge in [0.2, 0.25) is 10.0 Å². The molecule has 0 fully saturated rings. The molecule has 38 heavy (non-hydrogen) atoms. The van der Waals surface area contributed by atoms with Crippen LogP contribution in [0.1, 0.15) is 36.9 Å². The lowest BCUT2D eigenvalue weighted by atomic mass is 10.0. The van der Waals surface area contributed by atoms with Gasteiger partial charge in [-0.05, 0) is 66.9 Å². The zero-order chi connectivity index (χ0) is 27.3. The zero-order valence-electron chi connectivity index (χ0n) is 20.5. The maximum Gasteiger partial charge on any atom is 0.306 e. The summed E-state index contributed by atoms with van der Waals surface area (Å²) in [6, 6.07) is 18.8. The van der Waals surface area contributed by atoms with Crippen LogP contribution in [0.25, 0.3) is 0 Å². The minimum atomic E-state index is -3.79. The summed E-state index contributed by atoms with van der Waals surface area (Å²) in [6.07, 6.45) is 1.19. The van der Waals surface area contributed by atoms with E-state index in [9.17, 15) is 13.2 Å². The summed E-state index contributed by atoms with van der Waals surface area (Å²) in [5, 5.41) is 8.05. The fraction of sp³-hybridized carbons (Fsp3) is 0.259. The maximum atomic E-state index is 13.0. The molecule has 3 aromatic carbocycles. The van der Waals surface area contributed by atoms with Gasteiger partial charge in [-0.3, -0.25) is 9.80 Å². The Morgan fingerprint density at radius 3 is 2.37 bits per heavy atom. The minimum absolute atomic E-state index is 0.0265. The molecule has 200 valence electrons. The van der Waals surface area contributed by atoms with Gasteiger partial charge in [0, 0.05) is 22.9 Å². The first-order chi connectivity index (χ1) is 18.2. The Bertz CT molecular complexity index is 1430. The normalized spacial score (nSPS) is 15.4. The predicted molar refractivity (Wildman–Crippen MR) is 152 cm³/mol. The largest absolute Gasteiger partial charge is 0.466 e. The molecule has 1 N–H and O–H groups in total. The molecule has 3 aromatic rings. The number of nitrogens with zero attached hydrogens (tertiary/aromatic N) is 2. The van der Waals surface area contributed by atoms with Crippen molar-refractivity contribution < 1.29 is 17.9 Å². The Morgan fingerprint density at radius 1 is 1.03 bits per heavy atom. The summed E-state index contributed by atoms with van der Waals surface area (Å²) in [5.41, 5.74) is 3.11. The molecular weight excluding hydrogens is 569 g/mol. The van der Waals surface area contributed by atoms with Crippen LogP contribution in [0.2, 0.25) is 15.1 Å². The van der Waals surface area contributed by atoms with Gasteiger partial charge in [0.05, 0.1) is 40.5 Å². The molecule has 0 saturated carbocycles. The number of ether oxygens (including phenoxy) is 1. The van der Waals surface area contributed by atoms with E-state index in [1.165, 1.54) is 12.1 Å². The SMILES string of the molecule is CCOC(=O)CCc1ccc(S(=O)(=O)NCC2=NN(c3ccc(Cl)cc3Cl)C(c3ccc(Cl)cc3)C2)cc1. The zero-order valence-corrected chi connectivity index (χ0v) is 23.6. The van der Waals surface area contributed by atoms with Gasteiger partial charge in [-0.2, -0.15) is 5.10 Å². The van der Waals surface area contributed by atoms with Crippen LogP contribution in [0.5, 0.6) is 0 Å². The van der Waals surface area contributed by atoms with Crippen LogP contribution < -0.4 is 9.73 Å². The van der Waals surface area contributed by atoms with E-state index in [-0.39, 0.29) is 29.9 Å². The number of nitrogens with one attached hydrogen (secondary N) is 1. The lowest BCUT2D eigenvalue weighted by Crippen LogP contribution is -2.29. The lowest BCUT2D eigenvalue weighted by molar-refractivity contribution is -0.143. The fourth-order valence-corrected chi connectivity index (χ4v) is 5.73. The monoisotopic (exact) mass is 593 g/mol. The van der Waals surface area contributed by atoms with Crippen molar-refractivity contribution in [3.05, 3.63) is 92.9 Å². The molecule has 0 saturated heterocycles. The number of anilines is 1. The van der Waals surface area contributed by atoms with E-state index in [1.54, 1.807) is 54.4 Å². The van der Waals surface area contributed by atoms with Gasteiger partial charge in [0.15, 0.2) is 0 Å². The van der Waals surface area contributed by atoms with Crippen LogP contribution in [0.3, 0.4) is 0 Å². The van der Waals surface area contributed by atoms with E-state index < -0.39 is 10.0 Å². The Balaban J connectivity index is 1.48. The molecule has 0 amide bonds. The van der Waals surface area contributed by atoms with Crippen LogP contribution in [-0.2, 0) is 26.0 Å². The van der Waals surface area contributed by atoms with E-state index in [0.29, 0.717) is 45.9 Å². The van der Waals surface area contributed by atoms with Crippen molar-refractivity contribution in [1.82, 2.24) is 4.72 Å². The Morgan fingerprint density at radius 2 is 1.71 bits per heavy atom. The standard InChI is InChI=1S/C27H26Cl3N3O4S/c1-2-37-27(34)14-5-18-3-11-23(12-4-18)38(35,36)31-17-22-16-26(19-6-8-20(28)9-7-19)33(32-22)25-13-10-21(29)15-24(25)30/h3-4,6-13,15,26,31H,2,5,14,16-17H2,1H3. The van der Waals surface area contributed by atoms with E-state index in [2.05, 4.69) is 4.72 Å². The van der Waals surface area contributed by atoms with E-state index in [0.717, 1.165) is 11.1 Å². The second-order valence-corrected chi connectivity index (χ2v) is 11.7. The maximum absolute atomic E-state index is 13.0. The molecule has 1 atom stereocenters. The molecule has 1 heterocycles. The van der Waals surface area contributed by atoms with Gasteiger partial charge in [-0.25, -0.2) is 13.1 Å². The number of esters is 1. The lowest BCUT2D eigenvalue weighted by Gasteiger charge is -2.25. The molecule has 11 heteroatoms. The Hall–Kier alpha value is -2.62. The molecule has 4 rings (SSSR count). The van der Waals surface area contributed by atoms with Gasteiger partial charge < -0.3 is 4.74 Å². The first-order valence-electron chi connectivity index (χ1n) is 12.0. The second kappa shape index (κ2) is 12.5. The molecule has 0 aliphatic carbocycles. The molecule has 0 radical (unpaired) electrons. The summed E-state index contributed by atoms with van der Waals surface area (Å²) in [6.45, 7) is 2.11. The summed E-state index contributed by atoms with van der Waals surface area (Å²) < 4.78 is 33.5. The first-order valence-corrected chi connectivity index (χ1v) is 14.6. The topological polar surface area (TPSA) is 88.1 Å². The van der Waals surface area contributed by atoms with Gasteiger partial charge in [-0.1, -0.05) is 59.1 Å². The van der Waals surface area contributed by atoms with Crippen molar-refractivity contribution in [2.24, 2.45) is 5.10 Å². The van der Waals surface area contributed by atoms with Crippen molar-refractivity contribution in [2.75, 3.05) is 18.2 Å². The number of sulfonamides is 1. The number of aryl methyl sites for hydroxylation is 1. The number of rotatable bonds is 10. The molecule has 1 unspecified atom stereocenters. The number of carbonyl (C=O) groups excluding carboxylic acids is 1. The summed E-state index contributed by atoms with van der Waals surface area (Å²) in [4.78, 5) is 11.7. The average molecular weight is 595 g/mol. The van der Waals surface area contributed by atoms with Crippen LogP contribution in [-0.4, -0.2) is 33.3 Å².